The van der Waals surface area contributed by atoms with E-state index in [0.717, 1.165) is 5.56 Å². The van der Waals surface area contributed by atoms with Gasteiger partial charge in [0.1, 0.15) is 6.10 Å². The molecule has 1 rings (SSSR count). The van der Waals surface area contributed by atoms with E-state index >= 15 is 0 Å². The maximum Gasteiger partial charge on any atom is 0.303 e. The van der Waals surface area contributed by atoms with Crippen LogP contribution >= 0.6 is 0 Å². The van der Waals surface area contributed by atoms with Crippen LogP contribution in [0.15, 0.2) is 18.2 Å². The zero-order valence-corrected chi connectivity index (χ0v) is 9.13. The Morgan fingerprint density at radius 1 is 1.36 bits per heavy atom. The zero-order chi connectivity index (χ0) is 10.7. The molecule has 0 N–H and O–H groups in total. The van der Waals surface area contributed by atoms with Crippen LogP contribution in [0.1, 0.15) is 36.6 Å². The van der Waals surface area contributed by atoms with Gasteiger partial charge in [0.25, 0.3) is 0 Å². The number of esters is 1. The van der Waals surface area contributed by atoms with Gasteiger partial charge >= 0.3 is 5.97 Å². The molecule has 0 aromatic heterocycles. The molecule has 1 aromatic carbocycles. The van der Waals surface area contributed by atoms with E-state index in [-0.39, 0.29) is 12.1 Å². The van der Waals surface area contributed by atoms with Crippen LogP contribution in [0, 0.1) is 13.8 Å². The van der Waals surface area contributed by atoms with Gasteiger partial charge in [0.15, 0.2) is 0 Å². The number of rotatable bonds is 2. The maximum atomic E-state index is 10.8. The van der Waals surface area contributed by atoms with Crippen molar-refractivity contribution in [1.82, 2.24) is 0 Å². The van der Waals surface area contributed by atoms with Crippen molar-refractivity contribution in [2.24, 2.45) is 0 Å². The predicted molar refractivity (Wildman–Crippen MR) is 56.1 cm³/mol. The highest BCUT2D eigenvalue weighted by Crippen LogP contribution is 2.21. The topological polar surface area (TPSA) is 26.3 Å². The van der Waals surface area contributed by atoms with E-state index in [4.69, 9.17) is 4.74 Å². The highest BCUT2D eigenvalue weighted by molar-refractivity contribution is 5.66. The molecule has 0 bridgehead atoms. The van der Waals surface area contributed by atoms with Gasteiger partial charge in [-0.25, -0.2) is 0 Å². The van der Waals surface area contributed by atoms with E-state index in [0.29, 0.717) is 0 Å². The van der Waals surface area contributed by atoms with Gasteiger partial charge in [-0.05, 0) is 31.9 Å². The first-order chi connectivity index (χ1) is 6.50. The molecule has 0 heterocycles. The molecule has 0 spiro atoms. The third-order valence-corrected chi connectivity index (χ3v) is 2.21. The largest absolute Gasteiger partial charge is 0.458 e. The molecule has 1 atom stereocenters. The predicted octanol–water partition coefficient (Wildman–Crippen LogP) is 2.93. The SMILES string of the molecule is CC(=O)OC(C)c1ccc(C)cc1C. The summed E-state index contributed by atoms with van der Waals surface area (Å²) < 4.78 is 5.12. The second-order valence-electron chi connectivity index (χ2n) is 3.61. The third-order valence-electron chi connectivity index (χ3n) is 2.21. The molecule has 0 radical (unpaired) electrons. The number of ether oxygens (including phenoxy) is 1. The molecule has 0 aliphatic carbocycles. The average molecular weight is 192 g/mol. The van der Waals surface area contributed by atoms with Crippen LogP contribution in [-0.2, 0) is 9.53 Å². The zero-order valence-electron chi connectivity index (χ0n) is 9.13. The van der Waals surface area contributed by atoms with Crippen molar-refractivity contribution in [2.45, 2.75) is 33.8 Å². The molecule has 0 fully saturated rings. The van der Waals surface area contributed by atoms with Crippen LogP contribution in [0.2, 0.25) is 0 Å². The monoisotopic (exact) mass is 192 g/mol. The molecule has 2 heteroatoms. The first-order valence-electron chi connectivity index (χ1n) is 4.75. The third kappa shape index (κ3) is 2.59. The molecule has 0 aliphatic heterocycles. The lowest BCUT2D eigenvalue weighted by molar-refractivity contribution is -0.145. The summed E-state index contributed by atoms with van der Waals surface area (Å²) in [6, 6.07) is 6.13. The summed E-state index contributed by atoms with van der Waals surface area (Å²) in [5.74, 6) is -0.238. The van der Waals surface area contributed by atoms with E-state index in [1.54, 1.807) is 0 Å². The Morgan fingerprint density at radius 2 is 2.00 bits per heavy atom. The fourth-order valence-corrected chi connectivity index (χ4v) is 1.59. The van der Waals surface area contributed by atoms with Gasteiger partial charge in [-0.2, -0.15) is 0 Å². The Hall–Kier alpha value is -1.31. The molecule has 1 aromatic rings. The summed E-state index contributed by atoms with van der Waals surface area (Å²) in [4.78, 5) is 10.8. The Labute approximate surface area is 84.9 Å². The number of hydrogen-bond donors (Lipinski definition) is 0. The van der Waals surface area contributed by atoms with Gasteiger partial charge in [-0.1, -0.05) is 23.8 Å². The van der Waals surface area contributed by atoms with Crippen molar-refractivity contribution in [2.75, 3.05) is 0 Å². The second kappa shape index (κ2) is 4.27. The summed E-state index contributed by atoms with van der Waals surface area (Å²) in [6.45, 7) is 7.40. The molecule has 0 saturated heterocycles. The molecule has 76 valence electrons. The van der Waals surface area contributed by atoms with Crippen molar-refractivity contribution in [3.05, 3.63) is 34.9 Å². The van der Waals surface area contributed by atoms with Gasteiger partial charge in [-0.15, -0.1) is 0 Å². The van der Waals surface area contributed by atoms with E-state index in [9.17, 15) is 4.79 Å². The Kier molecular flexibility index (Phi) is 3.28. The summed E-state index contributed by atoms with van der Waals surface area (Å²) in [6.07, 6.45) is -0.159. The summed E-state index contributed by atoms with van der Waals surface area (Å²) >= 11 is 0. The molecule has 0 amide bonds. The number of hydrogen-bond acceptors (Lipinski definition) is 2. The van der Waals surface area contributed by atoms with Crippen LogP contribution in [0.25, 0.3) is 0 Å². The van der Waals surface area contributed by atoms with Crippen molar-refractivity contribution in [1.29, 1.82) is 0 Å². The lowest BCUT2D eigenvalue weighted by Crippen LogP contribution is -2.06. The standard InChI is InChI=1S/C12H16O2/c1-8-5-6-12(9(2)7-8)10(3)14-11(4)13/h5-7,10H,1-4H3. The van der Waals surface area contributed by atoms with Gasteiger partial charge in [0, 0.05) is 6.92 Å². The second-order valence-corrected chi connectivity index (χ2v) is 3.61. The van der Waals surface area contributed by atoms with Crippen molar-refractivity contribution >= 4 is 5.97 Å². The fourth-order valence-electron chi connectivity index (χ4n) is 1.59. The normalized spacial score (nSPS) is 12.3. The first-order valence-corrected chi connectivity index (χ1v) is 4.75. The van der Waals surface area contributed by atoms with Crippen molar-refractivity contribution in [3.8, 4) is 0 Å². The summed E-state index contributed by atoms with van der Waals surface area (Å²) in [5, 5.41) is 0. The fraction of sp³-hybridized carbons (Fsp3) is 0.417. The average Bonchev–Trinajstić information content (AvgIpc) is 2.01. The minimum absolute atomic E-state index is 0.159. The molecule has 14 heavy (non-hydrogen) atoms. The summed E-state index contributed by atoms with van der Waals surface area (Å²) in [5.41, 5.74) is 3.46. The first kappa shape index (κ1) is 10.8. The van der Waals surface area contributed by atoms with Crippen LogP contribution in [0.4, 0.5) is 0 Å². The number of aryl methyl sites for hydroxylation is 2. The molecular formula is C12H16O2. The van der Waals surface area contributed by atoms with Gasteiger partial charge in [0.2, 0.25) is 0 Å². The highest BCUT2D eigenvalue weighted by Gasteiger charge is 2.10. The quantitative estimate of drug-likeness (QED) is 0.673. The Balaban J connectivity index is 2.90. The van der Waals surface area contributed by atoms with Gasteiger partial charge in [-0.3, -0.25) is 4.79 Å². The highest BCUT2D eigenvalue weighted by atomic mass is 16.5. The van der Waals surface area contributed by atoms with Crippen LogP contribution in [-0.4, -0.2) is 5.97 Å². The number of carbonyl (C=O) groups excluding carboxylic acids is 1. The Bertz CT molecular complexity index is 342. The molecular weight excluding hydrogens is 176 g/mol. The molecule has 2 nitrogen and oxygen atoms in total. The molecule has 0 saturated carbocycles. The van der Waals surface area contributed by atoms with Crippen molar-refractivity contribution < 1.29 is 9.53 Å². The lowest BCUT2D eigenvalue weighted by Gasteiger charge is -2.14. The van der Waals surface area contributed by atoms with Crippen LogP contribution < -0.4 is 0 Å². The van der Waals surface area contributed by atoms with Crippen LogP contribution in [0.5, 0.6) is 0 Å². The van der Waals surface area contributed by atoms with Crippen LogP contribution in [0.3, 0.4) is 0 Å². The molecule has 0 aliphatic rings. The number of benzene rings is 1. The lowest BCUT2D eigenvalue weighted by atomic mass is 10.0. The Morgan fingerprint density at radius 3 is 2.50 bits per heavy atom. The van der Waals surface area contributed by atoms with Crippen molar-refractivity contribution in [3.63, 3.8) is 0 Å². The van der Waals surface area contributed by atoms with E-state index < -0.39 is 0 Å². The summed E-state index contributed by atoms with van der Waals surface area (Å²) in [7, 11) is 0. The van der Waals surface area contributed by atoms with Gasteiger partial charge < -0.3 is 4.74 Å². The minimum Gasteiger partial charge on any atom is -0.458 e. The maximum absolute atomic E-state index is 10.8. The van der Waals surface area contributed by atoms with E-state index in [1.807, 2.05) is 32.9 Å². The van der Waals surface area contributed by atoms with E-state index in [1.165, 1.54) is 18.1 Å². The van der Waals surface area contributed by atoms with Gasteiger partial charge in [0.05, 0.1) is 0 Å². The number of carbonyl (C=O) groups is 1. The van der Waals surface area contributed by atoms with E-state index in [2.05, 4.69) is 6.07 Å². The smallest absolute Gasteiger partial charge is 0.303 e. The minimum atomic E-state index is -0.238. The molecule has 1 unspecified atom stereocenters.